The molecule has 17 atom stereocenters. The van der Waals surface area contributed by atoms with Gasteiger partial charge in [-0.2, -0.15) is 10.1 Å². The number of nitriles is 1. The molecule has 0 saturated carbocycles. The van der Waals surface area contributed by atoms with E-state index in [1.165, 1.54) is 13.0 Å². The van der Waals surface area contributed by atoms with Crippen LogP contribution in [0.5, 0.6) is 0 Å². The van der Waals surface area contributed by atoms with Gasteiger partial charge in [0, 0.05) is 64.0 Å². The quantitative estimate of drug-likeness (QED) is 0.0260. The summed E-state index contributed by atoms with van der Waals surface area (Å²) in [6.45, 7) is 21.1. The third-order valence-corrected chi connectivity index (χ3v) is 16.6. The predicted molar refractivity (Wildman–Crippen MR) is 278 cm³/mol. The highest BCUT2D eigenvalue weighted by atomic mass is 17.2. The minimum Gasteiger partial charge on any atom is -0.452 e. The van der Waals surface area contributed by atoms with E-state index < -0.39 is 89.2 Å². The van der Waals surface area contributed by atoms with Gasteiger partial charge in [0.05, 0.1) is 47.6 Å². The Bertz CT molecular complexity index is 2130. The zero-order chi connectivity index (χ0) is 54.0. The predicted octanol–water partition coefficient (Wildman–Crippen LogP) is 7.78. The molecule has 1 spiro atoms. The third kappa shape index (κ3) is 14.4. The molecule has 408 valence electrons. The van der Waals surface area contributed by atoms with E-state index in [1.54, 1.807) is 6.92 Å². The van der Waals surface area contributed by atoms with Gasteiger partial charge in [0.15, 0.2) is 6.10 Å². The lowest BCUT2D eigenvalue weighted by Crippen LogP contribution is -2.56. The van der Waals surface area contributed by atoms with Crippen LogP contribution in [-0.4, -0.2) is 121 Å². The maximum atomic E-state index is 14.9. The minimum absolute atomic E-state index is 0.00234. The molecular weight excluding hydrogens is 933 g/mol. The Hall–Kier alpha value is -4.21. The normalized spacial score (nSPS) is 34.5. The fourth-order valence-electron chi connectivity index (χ4n) is 11.7. The van der Waals surface area contributed by atoms with Crippen molar-refractivity contribution < 1.29 is 58.1 Å². The highest BCUT2D eigenvalue weighted by molar-refractivity contribution is 6.01. The zero-order valence-corrected chi connectivity index (χ0v) is 46.0. The van der Waals surface area contributed by atoms with Gasteiger partial charge in [0.1, 0.15) is 23.5 Å². The van der Waals surface area contributed by atoms with Crippen LogP contribution < -0.4 is 15.5 Å². The van der Waals surface area contributed by atoms with Gasteiger partial charge in [-0.1, -0.05) is 73.6 Å². The number of hydrogen-bond donors (Lipinski definition) is 4. The van der Waals surface area contributed by atoms with Gasteiger partial charge in [0.2, 0.25) is 11.7 Å². The molecule has 73 heavy (non-hydrogen) atoms. The molecule has 0 aromatic heterocycles. The molecule has 4 aliphatic heterocycles. The lowest BCUT2D eigenvalue weighted by Gasteiger charge is -2.47. The number of hydrogen-bond acceptors (Lipinski definition) is 14. The van der Waals surface area contributed by atoms with E-state index in [4.69, 9.17) is 28.7 Å². The van der Waals surface area contributed by atoms with Crippen LogP contribution in [0.4, 0.5) is 5.69 Å². The van der Waals surface area contributed by atoms with E-state index in [2.05, 4.69) is 24.5 Å². The van der Waals surface area contributed by atoms with Crippen LogP contribution >= 0.6 is 0 Å². The second-order valence-corrected chi connectivity index (χ2v) is 22.2. The molecule has 16 nitrogen and oxygen atoms in total. The lowest BCUT2D eigenvalue weighted by atomic mass is 9.74. The van der Waals surface area contributed by atoms with E-state index >= 15 is 0 Å². The van der Waals surface area contributed by atoms with Crippen LogP contribution in [0, 0.1) is 52.8 Å². The van der Waals surface area contributed by atoms with Crippen molar-refractivity contribution in [1.29, 1.82) is 5.26 Å². The first-order valence-corrected chi connectivity index (χ1v) is 27.1. The van der Waals surface area contributed by atoms with Crippen LogP contribution in [0.3, 0.4) is 0 Å². The Kier molecular flexibility index (Phi) is 21.3. The fraction of sp³-hybridized carbons (Fsp3) is 0.737. The Labute approximate surface area is 435 Å². The number of amides is 2. The molecule has 1 aromatic rings. The van der Waals surface area contributed by atoms with Crippen molar-refractivity contribution in [3.8, 4) is 6.07 Å². The molecule has 16 heteroatoms. The Morgan fingerprint density at radius 2 is 1.58 bits per heavy atom. The van der Waals surface area contributed by atoms with Crippen molar-refractivity contribution >= 4 is 35.3 Å². The molecule has 1 unspecified atom stereocenters. The van der Waals surface area contributed by atoms with Crippen molar-refractivity contribution in [2.75, 3.05) is 32.1 Å². The van der Waals surface area contributed by atoms with Crippen LogP contribution in [0.15, 0.2) is 42.0 Å². The number of ketones is 1. The fourth-order valence-corrected chi connectivity index (χ4v) is 11.7. The van der Waals surface area contributed by atoms with Gasteiger partial charge in [-0.15, -0.1) is 0 Å². The third-order valence-electron chi connectivity index (χ3n) is 16.6. The summed E-state index contributed by atoms with van der Waals surface area (Å²) in [6, 6.07) is 9.45. The second-order valence-electron chi connectivity index (χ2n) is 22.2. The van der Waals surface area contributed by atoms with E-state index in [9.17, 15) is 34.7 Å². The SMILES string of the molecule is CCC(C(=O)NCCNC(=O)/C(C#N)=C/c1ccc(N(C)C)cc1)[C@H]1CC[C@H](C)[C@H]([C@@H](C)[C@H](O)[C@H](C)C(=O)[C@H](CC)[C@H]2OO[C@@]3(CC[C@@](C)([C@H]4CC[C@](O)(CC)[C@H](C)O4)O3)[C@H](OC(C)=O)/C=C\[C@H](C)C[C@@H]2C)O1. The molecule has 3 saturated heterocycles. The van der Waals surface area contributed by atoms with E-state index in [0.717, 1.165) is 17.7 Å². The van der Waals surface area contributed by atoms with Crippen molar-refractivity contribution in [2.24, 2.45) is 41.4 Å². The van der Waals surface area contributed by atoms with E-state index in [1.807, 2.05) is 110 Å². The second kappa shape index (κ2) is 26.0. The Morgan fingerprint density at radius 3 is 2.18 bits per heavy atom. The molecule has 4 heterocycles. The summed E-state index contributed by atoms with van der Waals surface area (Å²) < 4.78 is 26.1. The molecule has 4 N–H and O–H groups in total. The number of carbonyl (C=O) groups is 4. The average molecular weight is 1020 g/mol. The molecule has 0 aliphatic carbocycles. The molecular formula is C57H88N4O12. The van der Waals surface area contributed by atoms with Crippen LogP contribution in [0.1, 0.15) is 146 Å². The number of aliphatic hydroxyl groups is 2. The number of allylic oxidation sites excluding steroid dienone is 1. The number of Topliss-reactive ketones (excluding diaryl/α,β-unsaturated/α-hetero) is 1. The lowest BCUT2D eigenvalue weighted by molar-refractivity contribution is -0.468. The molecule has 0 bridgehead atoms. The molecule has 4 aliphatic rings. The smallest absolute Gasteiger partial charge is 0.303 e. The zero-order valence-electron chi connectivity index (χ0n) is 46.0. The summed E-state index contributed by atoms with van der Waals surface area (Å²) in [5, 5.41) is 38.7. The highest BCUT2D eigenvalue weighted by Crippen LogP contribution is 2.49. The minimum atomic E-state index is -1.58. The number of anilines is 1. The topological polar surface area (TPSA) is 215 Å². The number of nitrogens with one attached hydrogen (secondary N) is 2. The molecule has 1 aromatic carbocycles. The van der Waals surface area contributed by atoms with Gasteiger partial charge in [-0.25, -0.2) is 4.89 Å². The molecule has 5 rings (SSSR count). The van der Waals surface area contributed by atoms with Crippen molar-refractivity contribution in [1.82, 2.24) is 10.6 Å². The number of aliphatic hydroxyl groups excluding tert-OH is 1. The number of esters is 1. The number of rotatable bonds is 19. The van der Waals surface area contributed by atoms with E-state index in [0.29, 0.717) is 57.8 Å². The summed E-state index contributed by atoms with van der Waals surface area (Å²) in [7, 11) is 3.86. The monoisotopic (exact) mass is 1020 g/mol. The first-order valence-electron chi connectivity index (χ1n) is 27.1. The molecule has 0 radical (unpaired) electrons. The average Bonchev–Trinajstić information content (AvgIpc) is 3.72. The Morgan fingerprint density at radius 1 is 0.904 bits per heavy atom. The number of ether oxygens (including phenoxy) is 4. The van der Waals surface area contributed by atoms with Gasteiger partial charge in [-0.3, -0.25) is 19.2 Å². The summed E-state index contributed by atoms with van der Waals surface area (Å²) in [5.74, 6) is -5.63. The van der Waals surface area contributed by atoms with Crippen molar-refractivity contribution in [2.45, 2.75) is 200 Å². The highest BCUT2D eigenvalue weighted by Gasteiger charge is 2.60. The van der Waals surface area contributed by atoms with Gasteiger partial charge in [-0.05, 0) is 119 Å². The van der Waals surface area contributed by atoms with Crippen LogP contribution in [-0.2, 0) is 47.9 Å². The Balaban J connectivity index is 1.24. The van der Waals surface area contributed by atoms with Gasteiger partial charge < -0.3 is 44.7 Å². The number of carbonyl (C=O) groups excluding carboxylic acids is 4. The molecule has 3 fully saturated rings. The van der Waals surface area contributed by atoms with E-state index in [-0.39, 0.29) is 54.2 Å². The summed E-state index contributed by atoms with van der Waals surface area (Å²) in [4.78, 5) is 69.0. The first kappa shape index (κ1) is 59.7. The number of nitrogens with zero attached hydrogens (tertiary/aromatic N) is 2. The summed E-state index contributed by atoms with van der Waals surface area (Å²) >= 11 is 0. The van der Waals surface area contributed by atoms with Crippen LogP contribution in [0.25, 0.3) is 6.08 Å². The maximum absolute atomic E-state index is 14.9. The largest absolute Gasteiger partial charge is 0.452 e. The van der Waals surface area contributed by atoms with Crippen molar-refractivity contribution in [3.05, 3.63) is 47.6 Å². The van der Waals surface area contributed by atoms with Crippen LogP contribution in [0.2, 0.25) is 0 Å². The van der Waals surface area contributed by atoms with Gasteiger partial charge >= 0.3 is 5.97 Å². The summed E-state index contributed by atoms with van der Waals surface area (Å²) in [6.07, 6.45) is 6.20. The first-order chi connectivity index (χ1) is 34.5. The number of benzene rings is 1. The molecule has 2 amide bonds. The van der Waals surface area contributed by atoms with Gasteiger partial charge in [0.25, 0.3) is 5.91 Å². The summed E-state index contributed by atoms with van der Waals surface area (Å²) in [5.41, 5.74) is -0.159. The van der Waals surface area contributed by atoms with Crippen molar-refractivity contribution in [3.63, 3.8) is 0 Å². The standard InChI is InChI=1S/C57H88N4O12/c1-14-44(54(66)60-30-29-59-53(65)42(33-58)32-41-19-21-43(22-20-41)61(12)13)46-23-18-35(5)51(70-46)38(8)49(63)37(7)50(64)45(15-2)52-36(6)31-34(4)17-24-48(69-40(10)62)57(73-71-52)28-27-55(11,72-57)47-25-26-56(67,16-3)39(9)68-47/h17,19-22,24,32,34-39,44-49,51-52,63,67H,14-16,18,23,25-31H2,1-13H3,(H,59,65)(H,60,66)/b24-17-,42-32+/t34-,35-,36-,37-,38-,39-,44?,45-,46+,47+,48+,49+,51+,52-,55-,56+,57-/m0/s1. The maximum Gasteiger partial charge on any atom is 0.303 e.